The fraction of sp³-hybridized carbons (Fsp3) is 0.308. The monoisotopic (exact) mass is 399 g/mol. The summed E-state index contributed by atoms with van der Waals surface area (Å²) >= 11 is 6.83. The van der Waals surface area contributed by atoms with Gasteiger partial charge in [0.05, 0.1) is 10.5 Å². The van der Waals surface area contributed by atoms with Gasteiger partial charge in [0.2, 0.25) is 10.0 Å². The van der Waals surface area contributed by atoms with Crippen molar-refractivity contribution in [2.45, 2.75) is 16.2 Å². The number of aromatic nitrogens is 2. The summed E-state index contributed by atoms with van der Waals surface area (Å²) in [6, 6.07) is 2.55. The van der Waals surface area contributed by atoms with Crippen molar-refractivity contribution in [3.8, 4) is 0 Å². The maximum atomic E-state index is 13.0. The molecule has 5 nitrogen and oxygen atoms in total. The number of hydrogen-bond donors (Lipinski definition) is 1. The van der Waals surface area contributed by atoms with Crippen molar-refractivity contribution in [3.05, 3.63) is 41.2 Å². The standard InChI is InChI=1S/C13H13ClF3N3O2S2/c1-20-6-4-18-12(20)23-7-5-19-24(21,22)11-3-2-9(14)8-10(11)13(15,16)17/h2-4,6,8,19H,5,7H2,1H3. The van der Waals surface area contributed by atoms with Gasteiger partial charge in [-0.25, -0.2) is 18.1 Å². The summed E-state index contributed by atoms with van der Waals surface area (Å²) in [6.45, 7) is -0.0419. The lowest BCUT2D eigenvalue weighted by atomic mass is 10.2. The number of imidazole rings is 1. The van der Waals surface area contributed by atoms with Gasteiger partial charge in [-0.2, -0.15) is 13.2 Å². The van der Waals surface area contributed by atoms with Crippen molar-refractivity contribution in [2.75, 3.05) is 12.3 Å². The maximum absolute atomic E-state index is 13.0. The van der Waals surface area contributed by atoms with Crippen LogP contribution < -0.4 is 4.72 Å². The molecular weight excluding hydrogens is 387 g/mol. The third-order valence-corrected chi connectivity index (χ3v) is 5.75. The summed E-state index contributed by atoms with van der Waals surface area (Å²) in [7, 11) is -2.53. The van der Waals surface area contributed by atoms with E-state index in [1.807, 2.05) is 0 Å². The van der Waals surface area contributed by atoms with E-state index in [2.05, 4.69) is 9.71 Å². The average Bonchev–Trinajstić information content (AvgIpc) is 2.88. The molecule has 0 radical (unpaired) electrons. The zero-order valence-corrected chi connectivity index (χ0v) is 14.7. The second kappa shape index (κ2) is 7.34. The van der Waals surface area contributed by atoms with Crippen LogP contribution >= 0.6 is 23.4 Å². The minimum Gasteiger partial charge on any atom is -0.329 e. The van der Waals surface area contributed by atoms with Crippen molar-refractivity contribution in [2.24, 2.45) is 7.05 Å². The molecule has 24 heavy (non-hydrogen) atoms. The Morgan fingerprint density at radius 2 is 2.08 bits per heavy atom. The van der Waals surface area contributed by atoms with Gasteiger partial charge in [0.25, 0.3) is 0 Å². The lowest BCUT2D eigenvalue weighted by molar-refractivity contribution is -0.139. The highest BCUT2D eigenvalue weighted by molar-refractivity contribution is 7.99. The topological polar surface area (TPSA) is 64.0 Å². The summed E-state index contributed by atoms with van der Waals surface area (Å²) in [6.07, 6.45) is -1.50. The first-order valence-corrected chi connectivity index (χ1v) is 9.42. The molecule has 2 rings (SSSR count). The molecule has 0 atom stereocenters. The first kappa shape index (κ1) is 19.1. The third-order valence-electron chi connectivity index (χ3n) is 2.94. The van der Waals surface area contributed by atoms with Crippen molar-refractivity contribution >= 4 is 33.4 Å². The second-order valence-corrected chi connectivity index (χ2v) is 7.94. The largest absolute Gasteiger partial charge is 0.417 e. The second-order valence-electron chi connectivity index (χ2n) is 4.71. The smallest absolute Gasteiger partial charge is 0.329 e. The molecule has 1 N–H and O–H groups in total. The van der Waals surface area contributed by atoms with Crippen LogP contribution in [0.5, 0.6) is 0 Å². The fourth-order valence-corrected chi connectivity index (χ4v) is 4.17. The van der Waals surface area contributed by atoms with Gasteiger partial charge in [0.1, 0.15) is 0 Å². The highest BCUT2D eigenvalue weighted by atomic mass is 35.5. The van der Waals surface area contributed by atoms with Crippen molar-refractivity contribution < 1.29 is 21.6 Å². The predicted octanol–water partition coefficient (Wildman–Crippen LogP) is 3.16. The van der Waals surface area contributed by atoms with E-state index < -0.39 is 26.7 Å². The van der Waals surface area contributed by atoms with Crippen LogP contribution in [0, 0.1) is 0 Å². The molecule has 2 aromatic rings. The average molecular weight is 400 g/mol. The number of halogens is 4. The molecule has 0 aliphatic carbocycles. The minimum absolute atomic E-state index is 0.0419. The van der Waals surface area contributed by atoms with Gasteiger partial charge in [0.15, 0.2) is 5.16 Å². The molecular formula is C13H13ClF3N3O2S2. The molecule has 0 saturated heterocycles. The summed E-state index contributed by atoms with van der Waals surface area (Å²) < 4.78 is 67.3. The molecule has 0 fully saturated rings. The third kappa shape index (κ3) is 4.65. The Morgan fingerprint density at radius 3 is 2.67 bits per heavy atom. The van der Waals surface area contributed by atoms with Gasteiger partial charge in [-0.1, -0.05) is 23.4 Å². The van der Waals surface area contributed by atoms with Crippen LogP contribution in [0.3, 0.4) is 0 Å². The molecule has 0 saturated carbocycles. The van der Waals surface area contributed by atoms with E-state index >= 15 is 0 Å². The molecule has 1 heterocycles. The lowest BCUT2D eigenvalue weighted by Gasteiger charge is -2.14. The number of nitrogens with zero attached hydrogens (tertiary/aromatic N) is 2. The summed E-state index contributed by atoms with van der Waals surface area (Å²) in [5.41, 5.74) is -1.29. The number of thioether (sulfide) groups is 1. The van der Waals surface area contributed by atoms with Crippen LogP contribution in [0.15, 0.2) is 40.6 Å². The summed E-state index contributed by atoms with van der Waals surface area (Å²) in [5.74, 6) is 0.318. The van der Waals surface area contributed by atoms with Gasteiger partial charge in [-0.05, 0) is 18.2 Å². The zero-order chi connectivity index (χ0) is 18.0. The Labute approximate surface area is 146 Å². The molecule has 0 spiro atoms. The van der Waals surface area contributed by atoms with Gasteiger partial charge >= 0.3 is 6.18 Å². The maximum Gasteiger partial charge on any atom is 0.417 e. The van der Waals surface area contributed by atoms with Gasteiger partial charge in [-0.15, -0.1) is 0 Å². The van der Waals surface area contributed by atoms with Crippen LogP contribution in [0.25, 0.3) is 0 Å². The quantitative estimate of drug-likeness (QED) is 0.598. The number of rotatable bonds is 6. The van der Waals surface area contributed by atoms with Crippen LogP contribution in [0.4, 0.5) is 13.2 Å². The molecule has 0 aliphatic rings. The van der Waals surface area contributed by atoms with Gasteiger partial charge in [-0.3, -0.25) is 0 Å². The Bertz CT molecular complexity index is 822. The van der Waals surface area contributed by atoms with Crippen LogP contribution in [0.2, 0.25) is 5.02 Å². The molecule has 0 amide bonds. The molecule has 11 heteroatoms. The molecule has 132 valence electrons. The van der Waals surface area contributed by atoms with Gasteiger partial charge < -0.3 is 4.57 Å². The highest BCUT2D eigenvalue weighted by Crippen LogP contribution is 2.35. The summed E-state index contributed by atoms with van der Waals surface area (Å²) in [5, 5.41) is 0.489. The highest BCUT2D eigenvalue weighted by Gasteiger charge is 2.37. The molecule has 0 aliphatic heterocycles. The van der Waals surface area contributed by atoms with Gasteiger partial charge in [0, 0.05) is 36.8 Å². The van der Waals surface area contributed by atoms with E-state index in [0.29, 0.717) is 17.0 Å². The first-order chi connectivity index (χ1) is 11.1. The SMILES string of the molecule is Cn1ccnc1SCCNS(=O)(=O)c1ccc(Cl)cc1C(F)(F)F. The number of benzene rings is 1. The molecule has 0 unspecified atom stereocenters. The predicted molar refractivity (Wildman–Crippen MR) is 85.6 cm³/mol. The van der Waals surface area contributed by atoms with E-state index in [9.17, 15) is 21.6 Å². The van der Waals surface area contributed by atoms with E-state index in [-0.39, 0.29) is 11.6 Å². The lowest BCUT2D eigenvalue weighted by Crippen LogP contribution is -2.28. The van der Waals surface area contributed by atoms with E-state index in [1.54, 1.807) is 24.0 Å². The van der Waals surface area contributed by atoms with Crippen molar-refractivity contribution in [1.29, 1.82) is 0 Å². The van der Waals surface area contributed by atoms with Crippen LogP contribution in [-0.2, 0) is 23.2 Å². The summed E-state index contributed by atoms with van der Waals surface area (Å²) in [4.78, 5) is 3.20. The Balaban J connectivity index is 2.09. The Hall–Kier alpha value is -1.23. The number of alkyl halides is 3. The normalized spacial score (nSPS) is 12.5. The minimum atomic E-state index is -4.82. The number of nitrogens with one attached hydrogen (secondary N) is 1. The molecule has 1 aromatic heterocycles. The van der Waals surface area contributed by atoms with Crippen molar-refractivity contribution in [3.63, 3.8) is 0 Å². The molecule has 1 aromatic carbocycles. The molecule has 0 bridgehead atoms. The first-order valence-electron chi connectivity index (χ1n) is 6.58. The van der Waals surface area contributed by atoms with Crippen molar-refractivity contribution in [1.82, 2.24) is 14.3 Å². The van der Waals surface area contributed by atoms with E-state index in [4.69, 9.17) is 11.6 Å². The van der Waals surface area contributed by atoms with E-state index in [0.717, 1.165) is 12.1 Å². The Morgan fingerprint density at radius 1 is 1.38 bits per heavy atom. The number of sulfonamides is 1. The number of aryl methyl sites for hydroxylation is 1. The zero-order valence-electron chi connectivity index (χ0n) is 12.3. The van der Waals surface area contributed by atoms with E-state index in [1.165, 1.54) is 11.8 Å². The fourth-order valence-electron chi connectivity index (χ4n) is 1.85. The van der Waals surface area contributed by atoms with Crippen LogP contribution in [0.1, 0.15) is 5.56 Å². The number of hydrogen-bond acceptors (Lipinski definition) is 4. The van der Waals surface area contributed by atoms with Crippen LogP contribution in [-0.4, -0.2) is 30.3 Å². The Kier molecular flexibility index (Phi) is 5.84.